The van der Waals surface area contributed by atoms with Gasteiger partial charge in [-0.25, -0.2) is 0 Å². The average molecular weight is 257 g/mol. The Morgan fingerprint density at radius 3 is 2.41 bits per heavy atom. The monoisotopic (exact) mass is 256 g/mol. The van der Waals surface area contributed by atoms with Gasteiger partial charge in [-0.3, -0.25) is 0 Å². The van der Waals surface area contributed by atoms with Crippen LogP contribution >= 0.6 is 11.6 Å². The number of rotatable bonds is 4. The van der Waals surface area contributed by atoms with Gasteiger partial charge in [0.2, 0.25) is 0 Å². The predicted octanol–water partition coefficient (Wildman–Crippen LogP) is 4.19. The molecule has 0 aliphatic heterocycles. The van der Waals surface area contributed by atoms with Crippen molar-refractivity contribution in [3.05, 3.63) is 27.8 Å². The molecule has 0 aliphatic rings. The molecule has 1 rings (SSSR count). The molecular formula is C14H21ClO2. The smallest absolute Gasteiger partial charge is 0.126 e. The number of ether oxygens (including phenoxy) is 1. The van der Waals surface area contributed by atoms with Crippen LogP contribution in [0.1, 0.15) is 50.0 Å². The molecule has 1 aromatic carbocycles. The van der Waals surface area contributed by atoms with Gasteiger partial charge in [0.05, 0.1) is 12.2 Å². The lowest BCUT2D eigenvalue weighted by atomic mass is 9.98. The maximum Gasteiger partial charge on any atom is 0.126 e. The predicted molar refractivity (Wildman–Crippen MR) is 71.9 cm³/mol. The highest BCUT2D eigenvalue weighted by Crippen LogP contribution is 2.37. The van der Waals surface area contributed by atoms with Gasteiger partial charge in [0.25, 0.3) is 0 Å². The zero-order chi connectivity index (χ0) is 13.2. The van der Waals surface area contributed by atoms with Crippen LogP contribution in [0.25, 0.3) is 0 Å². The first kappa shape index (κ1) is 14.3. The van der Waals surface area contributed by atoms with Crippen molar-refractivity contribution in [2.75, 3.05) is 0 Å². The van der Waals surface area contributed by atoms with Gasteiger partial charge in [-0.15, -0.1) is 0 Å². The summed E-state index contributed by atoms with van der Waals surface area (Å²) in [6, 6.07) is 1.91. The summed E-state index contributed by atoms with van der Waals surface area (Å²) in [5, 5.41) is 10.8. The number of hydrogen-bond donors (Lipinski definition) is 1. The van der Waals surface area contributed by atoms with Crippen molar-refractivity contribution < 1.29 is 9.84 Å². The highest BCUT2D eigenvalue weighted by atomic mass is 35.5. The average Bonchev–Trinajstić information content (AvgIpc) is 2.25. The molecule has 0 fully saturated rings. The molecule has 0 heterocycles. The van der Waals surface area contributed by atoms with E-state index in [-0.39, 0.29) is 6.10 Å². The number of halogens is 1. The Hall–Kier alpha value is -0.730. The summed E-state index contributed by atoms with van der Waals surface area (Å²) in [7, 11) is 0. The van der Waals surface area contributed by atoms with Gasteiger partial charge in [0.1, 0.15) is 5.75 Å². The van der Waals surface area contributed by atoms with Crippen LogP contribution in [0.2, 0.25) is 5.02 Å². The number of benzene rings is 1. The summed E-state index contributed by atoms with van der Waals surface area (Å²) in [5.74, 6) is 0.744. The normalized spacial score (nSPS) is 12.9. The van der Waals surface area contributed by atoms with E-state index in [0.717, 1.165) is 22.4 Å². The number of aliphatic hydroxyl groups is 1. The van der Waals surface area contributed by atoms with Crippen molar-refractivity contribution in [2.24, 2.45) is 0 Å². The zero-order valence-electron chi connectivity index (χ0n) is 11.2. The molecule has 3 heteroatoms. The fourth-order valence-corrected chi connectivity index (χ4v) is 2.06. The molecule has 0 radical (unpaired) electrons. The van der Waals surface area contributed by atoms with Crippen molar-refractivity contribution in [3.63, 3.8) is 0 Å². The van der Waals surface area contributed by atoms with Crippen LogP contribution in [0.3, 0.4) is 0 Å². The molecule has 0 aliphatic carbocycles. The van der Waals surface area contributed by atoms with Gasteiger partial charge in [-0.1, -0.05) is 18.5 Å². The SMILES string of the molecule is CCC(O)c1c(OC(C)C)cc(C)c(Cl)c1C. The summed E-state index contributed by atoms with van der Waals surface area (Å²) in [4.78, 5) is 0. The van der Waals surface area contributed by atoms with Gasteiger partial charge in [0.15, 0.2) is 0 Å². The Morgan fingerprint density at radius 2 is 1.94 bits per heavy atom. The van der Waals surface area contributed by atoms with Crippen LogP contribution in [0, 0.1) is 13.8 Å². The second-order valence-electron chi connectivity index (χ2n) is 4.63. The molecular weight excluding hydrogens is 236 g/mol. The molecule has 0 aromatic heterocycles. The third-order valence-corrected chi connectivity index (χ3v) is 3.36. The van der Waals surface area contributed by atoms with E-state index in [1.807, 2.05) is 40.7 Å². The Kier molecular flexibility index (Phi) is 4.84. The maximum absolute atomic E-state index is 10.1. The lowest BCUT2D eigenvalue weighted by Gasteiger charge is -2.21. The van der Waals surface area contributed by atoms with Crippen molar-refractivity contribution in [1.82, 2.24) is 0 Å². The molecule has 1 aromatic rings. The summed E-state index contributed by atoms with van der Waals surface area (Å²) in [5.41, 5.74) is 2.71. The zero-order valence-corrected chi connectivity index (χ0v) is 11.9. The largest absolute Gasteiger partial charge is 0.491 e. The third kappa shape index (κ3) is 3.14. The van der Waals surface area contributed by atoms with Gasteiger partial charge >= 0.3 is 0 Å². The number of aliphatic hydroxyl groups excluding tert-OH is 1. The van der Waals surface area contributed by atoms with Crippen LogP contribution in [-0.2, 0) is 0 Å². The molecule has 1 atom stereocenters. The highest BCUT2D eigenvalue weighted by Gasteiger charge is 2.19. The topological polar surface area (TPSA) is 29.5 Å². The number of hydrogen-bond acceptors (Lipinski definition) is 2. The van der Waals surface area contributed by atoms with Crippen LogP contribution in [0.5, 0.6) is 5.75 Å². The van der Waals surface area contributed by atoms with Gasteiger partial charge in [-0.05, 0) is 51.3 Å². The van der Waals surface area contributed by atoms with E-state index >= 15 is 0 Å². The maximum atomic E-state index is 10.1. The quantitative estimate of drug-likeness (QED) is 0.875. The van der Waals surface area contributed by atoms with Crippen LogP contribution in [0.4, 0.5) is 0 Å². The Balaban J connectivity index is 3.35. The van der Waals surface area contributed by atoms with E-state index in [0.29, 0.717) is 11.4 Å². The van der Waals surface area contributed by atoms with Crippen molar-refractivity contribution in [2.45, 2.75) is 53.2 Å². The molecule has 1 N–H and O–H groups in total. The fraction of sp³-hybridized carbons (Fsp3) is 0.571. The summed E-state index contributed by atoms with van der Waals surface area (Å²) in [6.07, 6.45) is 0.203. The molecule has 96 valence electrons. The molecule has 0 bridgehead atoms. The highest BCUT2D eigenvalue weighted by molar-refractivity contribution is 6.32. The molecule has 2 nitrogen and oxygen atoms in total. The fourth-order valence-electron chi connectivity index (χ4n) is 1.91. The van der Waals surface area contributed by atoms with Crippen molar-refractivity contribution in [1.29, 1.82) is 0 Å². The summed E-state index contributed by atoms with van der Waals surface area (Å²) >= 11 is 6.23. The lowest BCUT2D eigenvalue weighted by molar-refractivity contribution is 0.161. The minimum Gasteiger partial charge on any atom is -0.491 e. The van der Waals surface area contributed by atoms with Gasteiger partial charge in [-0.2, -0.15) is 0 Å². The first-order valence-electron chi connectivity index (χ1n) is 6.02. The molecule has 0 spiro atoms. The van der Waals surface area contributed by atoms with E-state index < -0.39 is 6.10 Å². The lowest BCUT2D eigenvalue weighted by Crippen LogP contribution is -2.11. The first-order valence-corrected chi connectivity index (χ1v) is 6.40. The molecule has 0 saturated carbocycles. The van der Waals surface area contributed by atoms with E-state index in [1.54, 1.807) is 0 Å². The van der Waals surface area contributed by atoms with Crippen molar-refractivity contribution in [3.8, 4) is 5.75 Å². The Labute approximate surface area is 109 Å². The minimum absolute atomic E-state index is 0.0813. The van der Waals surface area contributed by atoms with Crippen LogP contribution in [0.15, 0.2) is 6.07 Å². The Bertz CT molecular complexity index is 400. The standard InChI is InChI=1S/C14H21ClO2/c1-6-11(16)13-10(5)14(15)9(4)7-12(13)17-8(2)3/h7-8,11,16H,6H2,1-5H3. The second kappa shape index (κ2) is 5.74. The van der Waals surface area contributed by atoms with Gasteiger partial charge in [0, 0.05) is 10.6 Å². The van der Waals surface area contributed by atoms with E-state index in [2.05, 4.69) is 0 Å². The molecule has 0 saturated heterocycles. The third-order valence-electron chi connectivity index (χ3n) is 2.78. The van der Waals surface area contributed by atoms with E-state index in [1.165, 1.54) is 0 Å². The van der Waals surface area contributed by atoms with E-state index in [9.17, 15) is 5.11 Å². The molecule has 1 unspecified atom stereocenters. The van der Waals surface area contributed by atoms with Crippen LogP contribution in [-0.4, -0.2) is 11.2 Å². The van der Waals surface area contributed by atoms with Crippen LogP contribution < -0.4 is 4.74 Å². The number of aryl methyl sites for hydroxylation is 1. The minimum atomic E-state index is -0.526. The first-order chi connectivity index (χ1) is 7.88. The Morgan fingerprint density at radius 1 is 1.35 bits per heavy atom. The second-order valence-corrected chi connectivity index (χ2v) is 5.01. The molecule has 17 heavy (non-hydrogen) atoms. The van der Waals surface area contributed by atoms with Gasteiger partial charge < -0.3 is 9.84 Å². The van der Waals surface area contributed by atoms with E-state index in [4.69, 9.17) is 16.3 Å². The molecule has 0 amide bonds. The summed E-state index contributed by atoms with van der Waals surface area (Å²) < 4.78 is 5.77. The summed E-state index contributed by atoms with van der Waals surface area (Å²) in [6.45, 7) is 9.77. The van der Waals surface area contributed by atoms with Crippen molar-refractivity contribution >= 4 is 11.6 Å².